The van der Waals surface area contributed by atoms with Crippen molar-refractivity contribution in [1.29, 1.82) is 0 Å². The van der Waals surface area contributed by atoms with Crippen LogP contribution in [0.15, 0.2) is 0 Å². The van der Waals surface area contributed by atoms with Crippen molar-refractivity contribution in [3.8, 4) is 0 Å². The minimum Gasteiger partial charge on any atom is -0.352 e. The smallest absolute Gasteiger partial charge is 0.228 e. The lowest BCUT2D eigenvalue weighted by molar-refractivity contribution is -0.135. The molecule has 3 fully saturated rings. The molecule has 4 unspecified atom stereocenters. The summed E-state index contributed by atoms with van der Waals surface area (Å²) in [5.41, 5.74) is 0.356. The fraction of sp³-hybridized carbons (Fsp3) is 0.944. The Bertz CT molecular complexity index is 432. The van der Waals surface area contributed by atoms with Crippen molar-refractivity contribution in [2.75, 3.05) is 13.1 Å². The molecule has 4 atom stereocenters. The lowest BCUT2D eigenvalue weighted by atomic mass is 9.67. The third-order valence-electron chi connectivity index (χ3n) is 7.29. The van der Waals surface area contributed by atoms with E-state index in [0.29, 0.717) is 23.3 Å². The van der Waals surface area contributed by atoms with Crippen LogP contribution in [0.2, 0.25) is 0 Å². The number of carbonyl (C=O) groups is 1. The van der Waals surface area contributed by atoms with Crippen molar-refractivity contribution >= 4 is 5.91 Å². The highest BCUT2D eigenvalue weighted by molar-refractivity contribution is 5.84. The van der Waals surface area contributed by atoms with Gasteiger partial charge in [0.2, 0.25) is 5.91 Å². The standard InChI is InChI=1S/C18H32N2O/c1-12(2)18(8-9-19-11-18)15(21)20-14-16(3,4)13-6-7-17(14,5)10-13/h12-14,19H,6-11H2,1-5H3,(H,20,21). The zero-order valence-electron chi connectivity index (χ0n) is 14.4. The van der Waals surface area contributed by atoms with E-state index in [1.807, 2.05) is 0 Å². The highest BCUT2D eigenvalue weighted by Gasteiger charge is 2.60. The first-order valence-corrected chi connectivity index (χ1v) is 8.74. The fourth-order valence-corrected chi connectivity index (χ4v) is 5.60. The van der Waals surface area contributed by atoms with Crippen molar-refractivity contribution in [2.45, 2.75) is 66.3 Å². The fourth-order valence-electron chi connectivity index (χ4n) is 5.60. The van der Waals surface area contributed by atoms with Gasteiger partial charge in [0.05, 0.1) is 5.41 Å². The Balaban J connectivity index is 1.81. The Kier molecular flexibility index (Phi) is 3.44. The van der Waals surface area contributed by atoms with Gasteiger partial charge >= 0.3 is 0 Å². The van der Waals surface area contributed by atoms with Crippen LogP contribution in [0.3, 0.4) is 0 Å². The molecule has 2 aliphatic carbocycles. The molecule has 0 aromatic carbocycles. The molecule has 21 heavy (non-hydrogen) atoms. The van der Waals surface area contributed by atoms with Crippen LogP contribution in [0.5, 0.6) is 0 Å². The average molecular weight is 292 g/mol. The number of rotatable bonds is 3. The van der Waals surface area contributed by atoms with Crippen molar-refractivity contribution in [3.05, 3.63) is 0 Å². The van der Waals surface area contributed by atoms with Crippen LogP contribution in [-0.2, 0) is 4.79 Å². The van der Waals surface area contributed by atoms with Gasteiger partial charge in [-0.25, -0.2) is 0 Å². The third-order valence-corrected chi connectivity index (χ3v) is 7.29. The number of nitrogens with one attached hydrogen (secondary N) is 2. The predicted octanol–water partition coefficient (Wildman–Crippen LogP) is 2.95. The van der Waals surface area contributed by atoms with Gasteiger partial charge in [0, 0.05) is 12.6 Å². The second-order valence-corrected chi connectivity index (χ2v) is 9.06. The number of amides is 1. The minimum absolute atomic E-state index is 0.200. The topological polar surface area (TPSA) is 41.1 Å². The number of hydrogen-bond donors (Lipinski definition) is 2. The molecule has 0 aromatic heterocycles. The predicted molar refractivity (Wildman–Crippen MR) is 85.9 cm³/mol. The molecule has 1 saturated heterocycles. The number of fused-ring (bicyclic) bond motifs is 2. The summed E-state index contributed by atoms with van der Waals surface area (Å²) in [5, 5.41) is 6.93. The van der Waals surface area contributed by atoms with Gasteiger partial charge in [-0.05, 0) is 54.9 Å². The molecule has 120 valence electrons. The van der Waals surface area contributed by atoms with Crippen LogP contribution in [0.1, 0.15) is 60.3 Å². The zero-order valence-corrected chi connectivity index (χ0v) is 14.4. The summed E-state index contributed by atoms with van der Waals surface area (Å²) in [4.78, 5) is 13.1. The van der Waals surface area contributed by atoms with Gasteiger partial charge in [-0.2, -0.15) is 0 Å². The maximum absolute atomic E-state index is 13.1. The average Bonchev–Trinajstić information content (AvgIpc) is 3.05. The van der Waals surface area contributed by atoms with Gasteiger partial charge in [0.1, 0.15) is 0 Å². The Morgan fingerprint density at radius 2 is 1.95 bits per heavy atom. The largest absolute Gasteiger partial charge is 0.352 e. The molecule has 1 aliphatic heterocycles. The minimum atomic E-state index is -0.200. The second-order valence-electron chi connectivity index (χ2n) is 9.06. The summed E-state index contributed by atoms with van der Waals surface area (Å²) in [6, 6.07) is 0.340. The second kappa shape index (κ2) is 4.71. The SMILES string of the molecule is CC(C)C1(C(=O)NC2C3(C)CCC(C3)C2(C)C)CCNC1. The molecule has 1 heterocycles. The van der Waals surface area contributed by atoms with Crippen LogP contribution in [0.25, 0.3) is 0 Å². The molecule has 2 saturated carbocycles. The zero-order chi connectivity index (χ0) is 15.5. The third kappa shape index (κ3) is 2.07. The summed E-state index contributed by atoms with van der Waals surface area (Å²) in [5.74, 6) is 1.47. The van der Waals surface area contributed by atoms with Crippen molar-refractivity contribution in [1.82, 2.24) is 10.6 Å². The Morgan fingerprint density at radius 3 is 2.43 bits per heavy atom. The van der Waals surface area contributed by atoms with Crippen molar-refractivity contribution in [3.63, 3.8) is 0 Å². The van der Waals surface area contributed by atoms with E-state index in [2.05, 4.69) is 45.3 Å². The Morgan fingerprint density at radius 1 is 1.24 bits per heavy atom. The normalized spacial score (nSPS) is 44.5. The van der Waals surface area contributed by atoms with Gasteiger partial charge in [-0.1, -0.05) is 34.6 Å². The number of hydrogen-bond acceptors (Lipinski definition) is 2. The van der Waals surface area contributed by atoms with E-state index < -0.39 is 0 Å². The first kappa shape index (κ1) is 15.3. The first-order valence-electron chi connectivity index (χ1n) is 8.74. The molecule has 3 heteroatoms. The molecule has 0 radical (unpaired) electrons. The lowest BCUT2D eigenvalue weighted by Gasteiger charge is -2.45. The summed E-state index contributed by atoms with van der Waals surface area (Å²) in [6.07, 6.45) is 4.88. The highest BCUT2D eigenvalue weighted by atomic mass is 16.2. The van der Waals surface area contributed by atoms with E-state index in [1.165, 1.54) is 19.3 Å². The molecule has 3 rings (SSSR count). The summed E-state index contributed by atoms with van der Waals surface area (Å²) in [7, 11) is 0. The maximum Gasteiger partial charge on any atom is 0.228 e. The van der Waals surface area contributed by atoms with E-state index in [0.717, 1.165) is 25.4 Å². The first-order chi connectivity index (χ1) is 9.72. The van der Waals surface area contributed by atoms with Crippen LogP contribution < -0.4 is 10.6 Å². The molecule has 2 bridgehead atoms. The van der Waals surface area contributed by atoms with Crippen LogP contribution in [0.4, 0.5) is 0 Å². The maximum atomic E-state index is 13.1. The van der Waals surface area contributed by atoms with E-state index in [-0.39, 0.29) is 10.8 Å². The number of carbonyl (C=O) groups excluding carboxylic acids is 1. The molecule has 1 amide bonds. The lowest BCUT2D eigenvalue weighted by Crippen LogP contribution is -2.57. The highest BCUT2D eigenvalue weighted by Crippen LogP contribution is 2.62. The van der Waals surface area contributed by atoms with E-state index in [9.17, 15) is 4.79 Å². The molecular weight excluding hydrogens is 260 g/mol. The van der Waals surface area contributed by atoms with Crippen LogP contribution in [-0.4, -0.2) is 25.0 Å². The van der Waals surface area contributed by atoms with Crippen LogP contribution >= 0.6 is 0 Å². The van der Waals surface area contributed by atoms with E-state index >= 15 is 0 Å². The van der Waals surface area contributed by atoms with Gasteiger partial charge in [0.25, 0.3) is 0 Å². The Labute approximate surface area is 129 Å². The quantitative estimate of drug-likeness (QED) is 0.839. The molecule has 3 aliphatic rings. The van der Waals surface area contributed by atoms with Crippen molar-refractivity contribution in [2.24, 2.45) is 28.1 Å². The van der Waals surface area contributed by atoms with E-state index in [4.69, 9.17) is 0 Å². The summed E-state index contributed by atoms with van der Waals surface area (Å²) >= 11 is 0. The van der Waals surface area contributed by atoms with Crippen LogP contribution in [0, 0.1) is 28.1 Å². The van der Waals surface area contributed by atoms with E-state index in [1.54, 1.807) is 0 Å². The molecule has 3 nitrogen and oxygen atoms in total. The molecule has 0 spiro atoms. The van der Waals surface area contributed by atoms with Gasteiger partial charge < -0.3 is 10.6 Å². The van der Waals surface area contributed by atoms with Gasteiger partial charge in [-0.15, -0.1) is 0 Å². The molecule has 0 aromatic rings. The summed E-state index contributed by atoms with van der Waals surface area (Å²) in [6.45, 7) is 13.3. The van der Waals surface area contributed by atoms with Gasteiger partial charge in [-0.3, -0.25) is 4.79 Å². The van der Waals surface area contributed by atoms with Crippen molar-refractivity contribution < 1.29 is 4.79 Å². The Hall–Kier alpha value is -0.570. The van der Waals surface area contributed by atoms with Gasteiger partial charge in [0.15, 0.2) is 0 Å². The monoisotopic (exact) mass is 292 g/mol. The summed E-state index contributed by atoms with van der Waals surface area (Å²) < 4.78 is 0. The molecule has 2 N–H and O–H groups in total. The molecular formula is C18H32N2O.